The molecule has 5 nitrogen and oxygen atoms in total. The fourth-order valence-electron chi connectivity index (χ4n) is 2.96. The number of halogens is 5. The Labute approximate surface area is 156 Å². The third kappa shape index (κ3) is 4.10. The summed E-state index contributed by atoms with van der Waals surface area (Å²) in [5.74, 6) is -1.17. The van der Waals surface area contributed by atoms with Crippen LogP contribution in [0.2, 0.25) is 0 Å². The van der Waals surface area contributed by atoms with E-state index in [1.54, 1.807) is 18.2 Å². The number of methoxy groups -OCH3 is 1. The molecule has 1 aliphatic heterocycles. The molecule has 1 aliphatic rings. The Morgan fingerprint density at radius 1 is 1.14 bits per heavy atom. The van der Waals surface area contributed by atoms with Gasteiger partial charge >= 0.3 is 12.8 Å². The summed E-state index contributed by atoms with van der Waals surface area (Å²) >= 11 is 0. The lowest BCUT2D eigenvalue weighted by Crippen LogP contribution is -2.47. The van der Waals surface area contributed by atoms with Crippen LogP contribution in [0.5, 0.6) is 11.5 Å². The number of alkyl halides is 5. The molecule has 3 rings (SSSR count). The lowest BCUT2D eigenvalue weighted by molar-refractivity contribution is -0.144. The van der Waals surface area contributed by atoms with Crippen molar-refractivity contribution >= 4 is 11.6 Å². The summed E-state index contributed by atoms with van der Waals surface area (Å²) in [6.07, 6.45) is -5.82. The van der Waals surface area contributed by atoms with Crippen molar-refractivity contribution in [3.63, 3.8) is 0 Å². The molecule has 0 saturated carbocycles. The van der Waals surface area contributed by atoms with Crippen LogP contribution in [-0.4, -0.2) is 37.2 Å². The van der Waals surface area contributed by atoms with Gasteiger partial charge in [-0.2, -0.15) is 22.0 Å². The van der Waals surface area contributed by atoms with Gasteiger partial charge in [0.25, 0.3) is 5.91 Å². The van der Waals surface area contributed by atoms with Gasteiger partial charge in [0.2, 0.25) is 0 Å². The van der Waals surface area contributed by atoms with E-state index in [1.807, 2.05) is 0 Å². The minimum absolute atomic E-state index is 0.0992. The molecule has 0 radical (unpaired) electrons. The molecule has 1 amide bonds. The van der Waals surface area contributed by atoms with Crippen LogP contribution in [0.4, 0.5) is 27.6 Å². The molecule has 10 heteroatoms. The average molecular weight is 402 g/mol. The normalized spacial score (nSPS) is 16.6. The predicted octanol–water partition coefficient (Wildman–Crippen LogP) is 4.43. The number of rotatable bonds is 5. The first-order chi connectivity index (χ1) is 13.2. The van der Waals surface area contributed by atoms with Gasteiger partial charge in [-0.05, 0) is 29.8 Å². The summed E-state index contributed by atoms with van der Waals surface area (Å²) in [5, 5.41) is 2.89. The molecule has 0 unspecified atom stereocenters. The van der Waals surface area contributed by atoms with E-state index in [2.05, 4.69) is 10.1 Å². The number of hydrogen-bond acceptors (Lipinski definition) is 4. The molecule has 0 aromatic heterocycles. The zero-order valence-corrected chi connectivity index (χ0v) is 14.5. The molecular formula is C18H15F5N2O3. The van der Waals surface area contributed by atoms with Crippen LogP contribution in [-0.2, 0) is 0 Å². The molecule has 28 heavy (non-hydrogen) atoms. The van der Waals surface area contributed by atoms with Crippen molar-refractivity contribution in [2.75, 3.05) is 19.0 Å². The molecule has 150 valence electrons. The number of fused-ring (bicyclic) bond motifs is 1. The minimum Gasteiger partial charge on any atom is -0.493 e. The lowest BCUT2D eigenvalue weighted by atomic mass is 10.0. The Hall–Kier alpha value is -3.04. The van der Waals surface area contributed by atoms with Crippen LogP contribution in [0.1, 0.15) is 22.1 Å². The number of carbonyl (C=O) groups excluding carboxylic acids is 1. The second-order valence-corrected chi connectivity index (χ2v) is 5.93. The Kier molecular flexibility index (Phi) is 5.30. The Bertz CT molecular complexity index is 873. The summed E-state index contributed by atoms with van der Waals surface area (Å²) in [6.45, 7) is -4.59. The van der Waals surface area contributed by atoms with E-state index in [0.29, 0.717) is 10.6 Å². The first-order valence-corrected chi connectivity index (χ1v) is 8.05. The number of nitrogens with zero attached hydrogens (tertiary/aromatic N) is 1. The maximum atomic E-state index is 13.1. The van der Waals surface area contributed by atoms with Gasteiger partial charge in [-0.3, -0.25) is 4.79 Å². The number of ether oxygens (including phenoxy) is 2. The van der Waals surface area contributed by atoms with Gasteiger partial charge < -0.3 is 19.7 Å². The highest BCUT2D eigenvalue weighted by atomic mass is 19.4. The van der Waals surface area contributed by atoms with Crippen LogP contribution < -0.4 is 14.8 Å². The Morgan fingerprint density at radius 3 is 2.50 bits per heavy atom. The molecule has 1 heterocycles. The first-order valence-electron chi connectivity index (χ1n) is 8.05. The van der Waals surface area contributed by atoms with Crippen molar-refractivity contribution in [2.45, 2.75) is 19.0 Å². The molecular weight excluding hydrogens is 387 g/mol. The number of hydrogen-bond donors (Lipinski definition) is 1. The largest absolute Gasteiger partial charge is 0.493 e. The van der Waals surface area contributed by atoms with Crippen molar-refractivity contribution in [2.24, 2.45) is 0 Å². The van der Waals surface area contributed by atoms with Gasteiger partial charge in [0.05, 0.1) is 12.7 Å². The molecule has 0 spiro atoms. The maximum Gasteiger partial charge on any atom is 0.406 e. The fourth-order valence-corrected chi connectivity index (χ4v) is 2.96. The molecule has 0 aliphatic carbocycles. The second kappa shape index (κ2) is 7.53. The van der Waals surface area contributed by atoms with Crippen molar-refractivity contribution in [3.05, 3.63) is 53.6 Å². The lowest BCUT2D eigenvalue weighted by Gasteiger charge is -2.38. The smallest absolute Gasteiger partial charge is 0.406 e. The van der Waals surface area contributed by atoms with Gasteiger partial charge in [-0.1, -0.05) is 18.2 Å². The van der Waals surface area contributed by atoms with Gasteiger partial charge in [0.1, 0.15) is 12.7 Å². The van der Waals surface area contributed by atoms with Crippen LogP contribution in [0, 0.1) is 0 Å². The summed E-state index contributed by atoms with van der Waals surface area (Å²) in [7, 11) is 1.21. The molecule has 1 N–H and O–H groups in total. The first kappa shape index (κ1) is 19.7. The maximum absolute atomic E-state index is 13.1. The summed E-state index contributed by atoms with van der Waals surface area (Å²) in [5.41, 5.74) is 0.681. The third-order valence-corrected chi connectivity index (χ3v) is 4.09. The molecule has 2 aromatic rings. The monoisotopic (exact) mass is 402 g/mol. The number of carbonyl (C=O) groups is 1. The van der Waals surface area contributed by atoms with Crippen LogP contribution in [0.25, 0.3) is 0 Å². The Balaban J connectivity index is 2.03. The van der Waals surface area contributed by atoms with E-state index < -0.39 is 31.4 Å². The van der Waals surface area contributed by atoms with Crippen molar-refractivity contribution < 1.29 is 36.2 Å². The van der Waals surface area contributed by atoms with Gasteiger partial charge in [0, 0.05) is 5.69 Å². The second-order valence-electron chi connectivity index (χ2n) is 5.93. The van der Waals surface area contributed by atoms with Crippen LogP contribution in [0.15, 0.2) is 42.5 Å². The standard InChI is InChI=1S/C18H15F5N2O3/c1-27-14-8-10(6-7-13(14)28-17(19)20)15-24-12-5-3-2-4-11(12)16(26)25(15)9-18(21,22)23/h2-8,15,17,24H,9H2,1H3/t15-/m1/s1. The molecule has 2 aromatic carbocycles. The number of para-hydroxylation sites is 1. The quantitative estimate of drug-likeness (QED) is 0.752. The summed E-state index contributed by atoms with van der Waals surface area (Å²) < 4.78 is 73.5. The van der Waals surface area contributed by atoms with Crippen molar-refractivity contribution in [3.8, 4) is 11.5 Å². The van der Waals surface area contributed by atoms with E-state index in [4.69, 9.17) is 4.74 Å². The molecule has 0 saturated heterocycles. The van der Waals surface area contributed by atoms with E-state index in [1.165, 1.54) is 25.3 Å². The van der Waals surface area contributed by atoms with Gasteiger partial charge in [0.15, 0.2) is 11.5 Å². The van der Waals surface area contributed by atoms with Crippen molar-refractivity contribution in [1.29, 1.82) is 0 Å². The van der Waals surface area contributed by atoms with E-state index in [0.717, 1.165) is 6.07 Å². The fraction of sp³-hybridized carbons (Fsp3) is 0.278. The van der Waals surface area contributed by atoms with E-state index in [-0.39, 0.29) is 22.6 Å². The topological polar surface area (TPSA) is 50.8 Å². The molecule has 0 fully saturated rings. The number of anilines is 1. The number of nitrogens with one attached hydrogen (secondary N) is 1. The van der Waals surface area contributed by atoms with E-state index in [9.17, 15) is 26.7 Å². The minimum atomic E-state index is -4.63. The zero-order valence-electron chi connectivity index (χ0n) is 14.5. The highest BCUT2D eigenvalue weighted by molar-refractivity contribution is 6.01. The van der Waals surface area contributed by atoms with Gasteiger partial charge in [-0.15, -0.1) is 0 Å². The SMILES string of the molecule is COc1cc([C@@H]2Nc3ccccc3C(=O)N2CC(F)(F)F)ccc1OC(F)F. The van der Waals surface area contributed by atoms with Crippen LogP contribution in [0.3, 0.4) is 0 Å². The van der Waals surface area contributed by atoms with Crippen LogP contribution >= 0.6 is 0 Å². The van der Waals surface area contributed by atoms with Crippen molar-refractivity contribution in [1.82, 2.24) is 4.90 Å². The third-order valence-electron chi connectivity index (χ3n) is 4.09. The molecule has 0 bridgehead atoms. The number of benzene rings is 2. The average Bonchev–Trinajstić information content (AvgIpc) is 2.63. The highest BCUT2D eigenvalue weighted by Gasteiger charge is 2.40. The predicted molar refractivity (Wildman–Crippen MR) is 89.5 cm³/mol. The highest BCUT2D eigenvalue weighted by Crippen LogP contribution is 2.38. The zero-order chi connectivity index (χ0) is 20.5. The summed E-state index contributed by atoms with van der Waals surface area (Å²) in [4.78, 5) is 13.3. The van der Waals surface area contributed by atoms with Gasteiger partial charge in [-0.25, -0.2) is 0 Å². The Morgan fingerprint density at radius 2 is 1.86 bits per heavy atom. The molecule has 1 atom stereocenters. The van der Waals surface area contributed by atoms with E-state index >= 15 is 0 Å². The number of amides is 1. The summed E-state index contributed by atoms with van der Waals surface area (Å²) in [6, 6.07) is 9.86.